The number of esters is 1. The summed E-state index contributed by atoms with van der Waals surface area (Å²) in [5, 5.41) is 21.2. The molecule has 136 valence electrons. The van der Waals surface area contributed by atoms with Gasteiger partial charge in [0.25, 0.3) is 5.69 Å². The molecule has 0 saturated carbocycles. The van der Waals surface area contributed by atoms with Gasteiger partial charge in [0.1, 0.15) is 11.9 Å². The predicted octanol–water partition coefficient (Wildman–Crippen LogP) is 4.22. The standard InChI is InChI=1S/C20H21NO5/c1-12(2)17-9-8-13(3)10-18(17)26-20(23)14(4)19(22)15-6-5-7-16(11-15)21(24)25/h5-12,19,22H,4H2,1-3H3. The average Bonchev–Trinajstić information content (AvgIpc) is 2.60. The number of hydrogen-bond donors (Lipinski definition) is 1. The van der Waals surface area contributed by atoms with Gasteiger partial charge in [0.15, 0.2) is 0 Å². The first-order valence-electron chi connectivity index (χ1n) is 8.14. The molecule has 0 spiro atoms. The van der Waals surface area contributed by atoms with Crippen molar-refractivity contribution in [2.75, 3.05) is 0 Å². The molecule has 2 rings (SSSR count). The number of aliphatic hydroxyl groups is 1. The van der Waals surface area contributed by atoms with Gasteiger partial charge in [-0.05, 0) is 35.6 Å². The van der Waals surface area contributed by atoms with Crippen LogP contribution in [0.3, 0.4) is 0 Å². The molecule has 0 amide bonds. The summed E-state index contributed by atoms with van der Waals surface area (Å²) in [5.41, 5.74) is 1.63. The van der Waals surface area contributed by atoms with Gasteiger partial charge in [0, 0.05) is 12.1 Å². The Bertz CT molecular complexity index is 857. The predicted molar refractivity (Wildman–Crippen MR) is 98.1 cm³/mol. The molecule has 1 N–H and O–H groups in total. The van der Waals surface area contributed by atoms with E-state index in [1.54, 1.807) is 6.07 Å². The van der Waals surface area contributed by atoms with Gasteiger partial charge >= 0.3 is 5.97 Å². The van der Waals surface area contributed by atoms with Crippen LogP contribution >= 0.6 is 0 Å². The normalized spacial score (nSPS) is 11.9. The van der Waals surface area contributed by atoms with E-state index in [4.69, 9.17) is 4.74 Å². The van der Waals surface area contributed by atoms with Crippen molar-refractivity contribution in [1.82, 2.24) is 0 Å². The lowest BCUT2D eigenvalue weighted by molar-refractivity contribution is -0.385. The number of non-ortho nitro benzene ring substituents is 1. The molecule has 2 aromatic rings. The van der Waals surface area contributed by atoms with Crippen LogP contribution in [0, 0.1) is 17.0 Å². The smallest absolute Gasteiger partial charge is 0.341 e. The minimum atomic E-state index is -1.39. The van der Waals surface area contributed by atoms with E-state index in [1.807, 2.05) is 32.9 Å². The van der Waals surface area contributed by atoms with Gasteiger partial charge in [0.05, 0.1) is 10.5 Å². The molecule has 6 heteroatoms. The van der Waals surface area contributed by atoms with Gasteiger partial charge in [-0.25, -0.2) is 4.79 Å². The Morgan fingerprint density at radius 1 is 1.23 bits per heavy atom. The topological polar surface area (TPSA) is 89.7 Å². The molecule has 2 aromatic carbocycles. The van der Waals surface area contributed by atoms with E-state index in [-0.39, 0.29) is 22.7 Å². The number of nitrogens with zero attached hydrogens (tertiary/aromatic N) is 1. The van der Waals surface area contributed by atoms with Crippen molar-refractivity contribution < 1.29 is 19.6 Å². The molecule has 0 aromatic heterocycles. The number of rotatable bonds is 6. The van der Waals surface area contributed by atoms with Gasteiger partial charge in [-0.15, -0.1) is 0 Å². The fourth-order valence-corrected chi connectivity index (χ4v) is 2.49. The maximum Gasteiger partial charge on any atom is 0.341 e. The molecule has 0 aliphatic carbocycles. The number of hydrogen-bond acceptors (Lipinski definition) is 5. The first kappa shape index (κ1) is 19.3. The van der Waals surface area contributed by atoms with Gasteiger partial charge < -0.3 is 9.84 Å². The van der Waals surface area contributed by atoms with Crippen LogP contribution in [0.4, 0.5) is 5.69 Å². The molecule has 0 saturated heterocycles. The van der Waals surface area contributed by atoms with E-state index < -0.39 is 17.0 Å². The summed E-state index contributed by atoms with van der Waals surface area (Å²) in [6, 6.07) is 11.0. The summed E-state index contributed by atoms with van der Waals surface area (Å²) < 4.78 is 5.44. The Morgan fingerprint density at radius 2 is 1.92 bits per heavy atom. The van der Waals surface area contributed by atoms with Crippen LogP contribution in [0.1, 0.15) is 42.6 Å². The number of nitro groups is 1. The number of nitro benzene ring substituents is 1. The highest BCUT2D eigenvalue weighted by Crippen LogP contribution is 2.30. The fraction of sp³-hybridized carbons (Fsp3) is 0.250. The number of carbonyl (C=O) groups is 1. The second-order valence-corrected chi connectivity index (χ2v) is 6.37. The third kappa shape index (κ3) is 4.34. The molecular formula is C20H21NO5. The molecule has 0 heterocycles. The molecule has 1 atom stereocenters. The Balaban J connectivity index is 2.22. The van der Waals surface area contributed by atoms with Gasteiger partial charge in [-0.1, -0.05) is 44.7 Å². The quantitative estimate of drug-likeness (QED) is 0.275. The van der Waals surface area contributed by atoms with Gasteiger partial charge in [0.2, 0.25) is 0 Å². The average molecular weight is 355 g/mol. The van der Waals surface area contributed by atoms with E-state index in [1.165, 1.54) is 24.3 Å². The monoisotopic (exact) mass is 355 g/mol. The van der Waals surface area contributed by atoms with Crippen LogP contribution in [0.25, 0.3) is 0 Å². The number of aryl methyl sites for hydroxylation is 1. The van der Waals surface area contributed by atoms with Crippen molar-refractivity contribution >= 4 is 11.7 Å². The molecular weight excluding hydrogens is 334 g/mol. The summed E-state index contributed by atoms with van der Waals surface area (Å²) in [5.74, 6) is -0.220. The van der Waals surface area contributed by atoms with Crippen molar-refractivity contribution in [2.45, 2.75) is 32.8 Å². The molecule has 0 radical (unpaired) electrons. The van der Waals surface area contributed by atoms with Crippen molar-refractivity contribution in [3.63, 3.8) is 0 Å². The highest BCUT2D eigenvalue weighted by Gasteiger charge is 2.23. The first-order chi connectivity index (χ1) is 12.2. The van der Waals surface area contributed by atoms with Crippen molar-refractivity contribution in [1.29, 1.82) is 0 Å². The van der Waals surface area contributed by atoms with Crippen molar-refractivity contribution in [2.24, 2.45) is 0 Å². The summed E-state index contributed by atoms with van der Waals surface area (Å²) in [6.45, 7) is 9.45. The number of ether oxygens (including phenoxy) is 1. The van der Waals surface area contributed by atoms with Crippen LogP contribution < -0.4 is 4.74 Å². The molecule has 0 fully saturated rings. The van der Waals surface area contributed by atoms with Crippen LogP contribution in [0.2, 0.25) is 0 Å². The third-order valence-electron chi connectivity index (χ3n) is 3.98. The Morgan fingerprint density at radius 3 is 2.54 bits per heavy atom. The van der Waals surface area contributed by atoms with E-state index in [2.05, 4.69) is 6.58 Å². The van der Waals surface area contributed by atoms with E-state index in [0.29, 0.717) is 5.75 Å². The summed E-state index contributed by atoms with van der Waals surface area (Å²) in [4.78, 5) is 22.7. The molecule has 0 aliphatic rings. The summed E-state index contributed by atoms with van der Waals surface area (Å²) in [7, 11) is 0. The second-order valence-electron chi connectivity index (χ2n) is 6.37. The number of carbonyl (C=O) groups excluding carboxylic acids is 1. The van der Waals surface area contributed by atoms with Gasteiger partial charge in [-0.2, -0.15) is 0 Å². The Labute approximate surface area is 151 Å². The fourth-order valence-electron chi connectivity index (χ4n) is 2.49. The lowest BCUT2D eigenvalue weighted by Crippen LogP contribution is -2.17. The maximum atomic E-state index is 12.4. The molecule has 6 nitrogen and oxygen atoms in total. The van der Waals surface area contributed by atoms with E-state index in [9.17, 15) is 20.0 Å². The van der Waals surface area contributed by atoms with Crippen molar-refractivity contribution in [3.05, 3.63) is 81.4 Å². The zero-order valence-corrected chi connectivity index (χ0v) is 14.9. The zero-order chi connectivity index (χ0) is 19.4. The minimum Gasteiger partial charge on any atom is -0.423 e. The lowest BCUT2D eigenvalue weighted by Gasteiger charge is -2.16. The summed E-state index contributed by atoms with van der Waals surface area (Å²) in [6.07, 6.45) is -1.39. The zero-order valence-electron chi connectivity index (χ0n) is 14.9. The van der Waals surface area contributed by atoms with Gasteiger partial charge in [-0.3, -0.25) is 10.1 Å². The molecule has 1 unspecified atom stereocenters. The van der Waals surface area contributed by atoms with Crippen molar-refractivity contribution in [3.8, 4) is 5.75 Å². The highest BCUT2D eigenvalue weighted by atomic mass is 16.6. The first-order valence-corrected chi connectivity index (χ1v) is 8.14. The maximum absolute atomic E-state index is 12.4. The molecule has 26 heavy (non-hydrogen) atoms. The Hall–Kier alpha value is -2.99. The van der Waals surface area contributed by atoms with E-state index >= 15 is 0 Å². The van der Waals surface area contributed by atoms with Crippen LogP contribution in [-0.4, -0.2) is 16.0 Å². The highest BCUT2D eigenvalue weighted by molar-refractivity contribution is 5.91. The number of aliphatic hydroxyl groups excluding tert-OH is 1. The van der Waals surface area contributed by atoms with Crippen LogP contribution in [-0.2, 0) is 4.79 Å². The molecule has 0 bridgehead atoms. The SMILES string of the molecule is C=C(C(=O)Oc1cc(C)ccc1C(C)C)C(O)c1cccc([N+](=O)[O-])c1. The lowest BCUT2D eigenvalue weighted by atomic mass is 10.00. The largest absolute Gasteiger partial charge is 0.423 e. The minimum absolute atomic E-state index is 0.147. The Kier molecular flexibility index (Phi) is 5.90. The van der Waals surface area contributed by atoms with Crippen LogP contribution in [0.15, 0.2) is 54.6 Å². The molecule has 0 aliphatic heterocycles. The second kappa shape index (κ2) is 7.93. The van der Waals surface area contributed by atoms with Crippen LogP contribution in [0.5, 0.6) is 5.75 Å². The third-order valence-corrected chi connectivity index (χ3v) is 3.98. The van der Waals surface area contributed by atoms with E-state index in [0.717, 1.165) is 11.1 Å². The number of benzene rings is 2. The summed E-state index contributed by atoms with van der Waals surface area (Å²) >= 11 is 0.